The molecular weight excluding hydrogens is 701 g/mol. The van der Waals surface area contributed by atoms with E-state index in [2.05, 4.69) is 171 Å². The van der Waals surface area contributed by atoms with E-state index in [1.807, 2.05) is 0 Å². The van der Waals surface area contributed by atoms with E-state index in [0.29, 0.717) is 11.8 Å². The Labute approximate surface area is 345 Å². The van der Waals surface area contributed by atoms with Crippen molar-refractivity contribution in [2.45, 2.75) is 90.9 Å². The normalized spacial score (nSPS) is 23.3. The average molecular weight is 757 g/mol. The first kappa shape index (κ1) is 35.8. The smallest absolute Gasteiger partial charge is 0.0620 e. The molecule has 6 unspecified atom stereocenters. The monoisotopic (exact) mass is 756 g/mol. The number of benzene rings is 7. The molecule has 0 radical (unpaired) electrons. The minimum absolute atomic E-state index is 0.631. The third kappa shape index (κ3) is 6.05. The first-order valence-corrected chi connectivity index (χ1v) is 22.3. The van der Waals surface area contributed by atoms with E-state index in [-0.39, 0.29) is 0 Å². The summed E-state index contributed by atoms with van der Waals surface area (Å²) in [5, 5.41) is 5.15. The molecule has 2 heteroatoms. The summed E-state index contributed by atoms with van der Waals surface area (Å²) in [6.07, 6.45) is 11.2. The quantitative estimate of drug-likeness (QED) is 0.113. The SMILES string of the molecule is Cc1cccc(N(c2ccc(C3CC4CCC3C4)c(C)c2)c2c3ccccc3c(N(c3cccc(C)c3)c3cccc(C)c3)c3cc(C4CC5CCC4C5)ccc23)c1. The van der Waals surface area contributed by atoms with Crippen molar-refractivity contribution in [3.05, 3.63) is 167 Å². The van der Waals surface area contributed by atoms with Gasteiger partial charge in [0.05, 0.1) is 11.4 Å². The topological polar surface area (TPSA) is 6.48 Å². The van der Waals surface area contributed by atoms with Crippen LogP contribution in [0.2, 0.25) is 0 Å². The van der Waals surface area contributed by atoms with Gasteiger partial charge < -0.3 is 9.80 Å². The van der Waals surface area contributed by atoms with Gasteiger partial charge in [0.2, 0.25) is 0 Å². The van der Waals surface area contributed by atoms with Crippen LogP contribution in [0.4, 0.5) is 34.1 Å². The van der Waals surface area contributed by atoms with E-state index in [1.165, 1.54) is 135 Å². The molecule has 0 spiro atoms. The van der Waals surface area contributed by atoms with Crippen LogP contribution in [0.5, 0.6) is 0 Å². The first-order chi connectivity index (χ1) is 28.4. The summed E-state index contributed by atoms with van der Waals surface area (Å²) in [6.45, 7) is 9.04. The van der Waals surface area contributed by atoms with E-state index in [0.717, 1.165) is 23.7 Å². The van der Waals surface area contributed by atoms with Crippen LogP contribution < -0.4 is 9.80 Å². The maximum Gasteiger partial charge on any atom is 0.0620 e. The Morgan fingerprint density at radius 1 is 0.397 bits per heavy atom. The minimum atomic E-state index is 0.631. The molecule has 0 aliphatic heterocycles. The maximum absolute atomic E-state index is 2.63. The van der Waals surface area contributed by atoms with Crippen molar-refractivity contribution in [3.63, 3.8) is 0 Å². The minimum Gasteiger partial charge on any atom is -0.309 e. The second-order valence-corrected chi connectivity index (χ2v) is 18.8. The van der Waals surface area contributed by atoms with E-state index in [4.69, 9.17) is 0 Å². The maximum atomic E-state index is 2.63. The molecule has 11 rings (SSSR count). The van der Waals surface area contributed by atoms with Gasteiger partial charge in [0.25, 0.3) is 0 Å². The molecule has 4 bridgehead atoms. The molecule has 0 saturated heterocycles. The predicted octanol–water partition coefficient (Wildman–Crippen LogP) is 16.0. The molecule has 290 valence electrons. The lowest BCUT2D eigenvalue weighted by Crippen LogP contribution is -2.16. The predicted molar refractivity (Wildman–Crippen MR) is 246 cm³/mol. The van der Waals surface area contributed by atoms with Gasteiger partial charge in [-0.2, -0.15) is 0 Å². The molecule has 7 aromatic carbocycles. The molecule has 6 atom stereocenters. The van der Waals surface area contributed by atoms with Crippen LogP contribution in [0.15, 0.2) is 133 Å². The van der Waals surface area contributed by atoms with E-state index in [9.17, 15) is 0 Å². The van der Waals surface area contributed by atoms with Crippen molar-refractivity contribution in [1.29, 1.82) is 0 Å². The molecule has 4 aliphatic carbocycles. The van der Waals surface area contributed by atoms with E-state index < -0.39 is 0 Å². The van der Waals surface area contributed by atoms with Crippen LogP contribution in [-0.4, -0.2) is 0 Å². The summed E-state index contributed by atoms with van der Waals surface area (Å²) in [5.41, 5.74) is 15.7. The average Bonchev–Trinajstić information content (AvgIpc) is 4.06. The van der Waals surface area contributed by atoms with Gasteiger partial charge in [-0.05, 0) is 190 Å². The molecule has 4 saturated carbocycles. The molecule has 7 aromatic rings. The van der Waals surface area contributed by atoms with Gasteiger partial charge >= 0.3 is 0 Å². The van der Waals surface area contributed by atoms with Crippen LogP contribution in [0.3, 0.4) is 0 Å². The van der Waals surface area contributed by atoms with Crippen molar-refractivity contribution >= 4 is 55.7 Å². The Morgan fingerprint density at radius 3 is 1.38 bits per heavy atom. The van der Waals surface area contributed by atoms with Gasteiger partial charge in [-0.3, -0.25) is 0 Å². The summed E-state index contributed by atoms with van der Waals surface area (Å²) in [4.78, 5) is 5.16. The standard InChI is InChI=1S/C56H56N2/c1-35-10-7-13-44(26-35)57(45-14-8-11-36(2)27-45)56-50-17-6-5-16-49(50)55(51-24-22-43(34-54(51)56)52-32-39-18-20-41(52)30-39)58(46-15-9-12-37(3)28-46)47-23-25-48(38(4)29-47)53-33-40-19-21-42(53)31-40/h5-17,22-29,34,39-42,52-53H,18-21,30-33H2,1-4H3. The lowest BCUT2D eigenvalue weighted by Gasteiger charge is -2.34. The molecular formula is C56H56N2. The van der Waals surface area contributed by atoms with Crippen molar-refractivity contribution in [1.82, 2.24) is 0 Å². The Balaban J connectivity index is 1.20. The van der Waals surface area contributed by atoms with Gasteiger partial charge in [0, 0.05) is 44.3 Å². The lowest BCUT2D eigenvalue weighted by molar-refractivity contribution is 0.419. The summed E-state index contributed by atoms with van der Waals surface area (Å²) in [7, 11) is 0. The molecule has 4 fully saturated rings. The molecule has 0 N–H and O–H groups in total. The zero-order valence-electron chi connectivity index (χ0n) is 34.7. The number of hydrogen-bond donors (Lipinski definition) is 0. The van der Waals surface area contributed by atoms with Crippen molar-refractivity contribution in [2.75, 3.05) is 9.80 Å². The van der Waals surface area contributed by atoms with Gasteiger partial charge in [-0.25, -0.2) is 0 Å². The van der Waals surface area contributed by atoms with Crippen LogP contribution >= 0.6 is 0 Å². The molecule has 4 aliphatic rings. The fourth-order valence-corrected chi connectivity index (χ4v) is 12.5. The molecule has 0 heterocycles. The van der Waals surface area contributed by atoms with Gasteiger partial charge in [-0.15, -0.1) is 0 Å². The fourth-order valence-electron chi connectivity index (χ4n) is 12.5. The van der Waals surface area contributed by atoms with Crippen molar-refractivity contribution in [2.24, 2.45) is 23.7 Å². The first-order valence-electron chi connectivity index (χ1n) is 22.3. The third-order valence-electron chi connectivity index (χ3n) is 15.0. The highest BCUT2D eigenvalue weighted by Gasteiger charge is 2.42. The Morgan fingerprint density at radius 2 is 0.897 bits per heavy atom. The number of rotatable bonds is 8. The molecule has 0 aromatic heterocycles. The largest absolute Gasteiger partial charge is 0.309 e. The van der Waals surface area contributed by atoms with Crippen LogP contribution in [-0.2, 0) is 0 Å². The van der Waals surface area contributed by atoms with Gasteiger partial charge in [0.15, 0.2) is 0 Å². The zero-order valence-corrected chi connectivity index (χ0v) is 34.7. The number of fused-ring (bicyclic) bond motifs is 6. The second-order valence-electron chi connectivity index (χ2n) is 18.8. The number of hydrogen-bond acceptors (Lipinski definition) is 2. The third-order valence-corrected chi connectivity index (χ3v) is 15.0. The van der Waals surface area contributed by atoms with Crippen molar-refractivity contribution < 1.29 is 0 Å². The van der Waals surface area contributed by atoms with Gasteiger partial charge in [-0.1, -0.05) is 91.7 Å². The Hall–Kier alpha value is -5.34. The Bertz CT molecular complexity index is 2660. The highest BCUT2D eigenvalue weighted by Crippen LogP contribution is 2.57. The summed E-state index contributed by atoms with van der Waals surface area (Å²) in [6, 6.07) is 51.7. The highest BCUT2D eigenvalue weighted by molar-refractivity contribution is 6.23. The Kier molecular flexibility index (Phi) is 8.76. The molecule has 0 amide bonds. The number of aryl methyl sites for hydroxylation is 4. The highest BCUT2D eigenvalue weighted by atomic mass is 15.2. The van der Waals surface area contributed by atoms with Crippen LogP contribution in [0, 0.1) is 51.4 Å². The lowest BCUT2D eigenvalue weighted by atomic mass is 9.81. The van der Waals surface area contributed by atoms with E-state index >= 15 is 0 Å². The fraction of sp³-hybridized carbons (Fsp3) is 0.321. The zero-order chi connectivity index (χ0) is 39.1. The summed E-state index contributed by atoms with van der Waals surface area (Å²) < 4.78 is 0. The summed E-state index contributed by atoms with van der Waals surface area (Å²) >= 11 is 0. The van der Waals surface area contributed by atoms with E-state index in [1.54, 1.807) is 5.56 Å². The molecule has 2 nitrogen and oxygen atoms in total. The van der Waals surface area contributed by atoms with Crippen LogP contribution in [0.25, 0.3) is 21.5 Å². The number of anilines is 6. The van der Waals surface area contributed by atoms with Crippen LogP contribution in [0.1, 0.15) is 96.6 Å². The molecule has 58 heavy (non-hydrogen) atoms. The number of nitrogens with zero attached hydrogens (tertiary/aromatic N) is 2. The van der Waals surface area contributed by atoms with Crippen molar-refractivity contribution in [3.8, 4) is 0 Å². The second kappa shape index (κ2) is 14.2. The summed E-state index contributed by atoms with van der Waals surface area (Å²) in [5.74, 6) is 4.81. The van der Waals surface area contributed by atoms with Gasteiger partial charge in [0.1, 0.15) is 0 Å².